The number of fused-ring (bicyclic) bond motifs is 1. The van der Waals surface area contributed by atoms with Crippen molar-refractivity contribution in [3.63, 3.8) is 0 Å². The third kappa shape index (κ3) is 4.16. The van der Waals surface area contributed by atoms with Gasteiger partial charge in [0.05, 0.1) is 5.92 Å². The first-order valence-corrected chi connectivity index (χ1v) is 8.43. The van der Waals surface area contributed by atoms with E-state index in [1.165, 1.54) is 11.1 Å². The fraction of sp³-hybridized carbons (Fsp3) is 0.350. The topological polar surface area (TPSA) is 41.1 Å². The highest BCUT2D eigenvalue weighted by atomic mass is 35.5. The Morgan fingerprint density at radius 1 is 1.17 bits per heavy atom. The maximum atomic E-state index is 12.6. The van der Waals surface area contributed by atoms with Gasteiger partial charge in [0.1, 0.15) is 0 Å². The molecule has 2 aromatic rings. The molecule has 0 radical (unpaired) electrons. The van der Waals surface area contributed by atoms with Crippen LogP contribution in [0, 0.1) is 0 Å². The summed E-state index contributed by atoms with van der Waals surface area (Å²) in [6.45, 7) is 3.66. The van der Waals surface area contributed by atoms with Crippen molar-refractivity contribution in [1.29, 1.82) is 0 Å². The molecule has 0 saturated heterocycles. The molecule has 0 saturated carbocycles. The number of nitrogens with one attached hydrogen (secondary N) is 2. The molecule has 1 amide bonds. The zero-order valence-corrected chi connectivity index (χ0v) is 14.8. The summed E-state index contributed by atoms with van der Waals surface area (Å²) in [4.78, 5) is 12.6. The van der Waals surface area contributed by atoms with Crippen LogP contribution in [0.1, 0.15) is 42.0 Å². The fourth-order valence-electron chi connectivity index (χ4n) is 3.36. The molecule has 3 rings (SSSR count). The summed E-state index contributed by atoms with van der Waals surface area (Å²) in [5, 5.41) is 6.65. The first-order valence-electron chi connectivity index (χ1n) is 8.43. The number of amides is 1. The van der Waals surface area contributed by atoms with E-state index in [9.17, 15) is 4.79 Å². The standard InChI is InChI=1S/C20H24N2O.ClH/c1-2-17(15-8-4-3-5-9-15)20(23)22-14-19-18-11-7-6-10-16(18)12-13-21-19;/h3-11,17,19,21H,2,12-14H2,1H3,(H,22,23);1H. The molecule has 2 aromatic carbocycles. The molecule has 0 bridgehead atoms. The van der Waals surface area contributed by atoms with Crippen molar-refractivity contribution in [2.45, 2.75) is 31.7 Å². The van der Waals surface area contributed by atoms with Crippen LogP contribution in [0.4, 0.5) is 0 Å². The second-order valence-electron chi connectivity index (χ2n) is 6.07. The van der Waals surface area contributed by atoms with Crippen LogP contribution in [0.25, 0.3) is 0 Å². The third-order valence-corrected chi connectivity index (χ3v) is 4.62. The maximum Gasteiger partial charge on any atom is 0.227 e. The molecule has 0 fully saturated rings. The molecule has 1 aliphatic rings. The number of benzene rings is 2. The molecule has 2 atom stereocenters. The fourth-order valence-corrected chi connectivity index (χ4v) is 3.36. The molecule has 4 heteroatoms. The van der Waals surface area contributed by atoms with Crippen molar-refractivity contribution in [3.8, 4) is 0 Å². The van der Waals surface area contributed by atoms with E-state index in [0.29, 0.717) is 6.54 Å². The number of rotatable bonds is 5. The summed E-state index contributed by atoms with van der Waals surface area (Å²) in [6, 6.07) is 18.7. The Balaban J connectivity index is 0.00000208. The molecule has 0 aromatic heterocycles. The van der Waals surface area contributed by atoms with Crippen LogP contribution in [0.3, 0.4) is 0 Å². The summed E-state index contributed by atoms with van der Waals surface area (Å²) >= 11 is 0. The second-order valence-corrected chi connectivity index (χ2v) is 6.07. The van der Waals surface area contributed by atoms with Gasteiger partial charge in [0, 0.05) is 12.6 Å². The van der Waals surface area contributed by atoms with Gasteiger partial charge in [0.15, 0.2) is 0 Å². The van der Waals surface area contributed by atoms with E-state index < -0.39 is 0 Å². The molecule has 24 heavy (non-hydrogen) atoms. The van der Waals surface area contributed by atoms with Crippen molar-refractivity contribution >= 4 is 18.3 Å². The highest BCUT2D eigenvalue weighted by Crippen LogP contribution is 2.23. The van der Waals surface area contributed by atoms with Crippen LogP contribution < -0.4 is 10.6 Å². The smallest absolute Gasteiger partial charge is 0.227 e. The average molecular weight is 345 g/mol. The Morgan fingerprint density at radius 3 is 2.62 bits per heavy atom. The van der Waals surface area contributed by atoms with Crippen LogP contribution >= 0.6 is 12.4 Å². The molecule has 1 heterocycles. The Hall–Kier alpha value is -1.84. The van der Waals surface area contributed by atoms with Gasteiger partial charge < -0.3 is 10.6 Å². The summed E-state index contributed by atoms with van der Waals surface area (Å²) in [6.07, 6.45) is 1.87. The molecule has 2 N–H and O–H groups in total. The SMILES string of the molecule is CCC(C(=O)NCC1NCCc2ccccc21)c1ccccc1.Cl. The van der Waals surface area contributed by atoms with Gasteiger partial charge in [-0.15, -0.1) is 12.4 Å². The molecule has 3 nitrogen and oxygen atoms in total. The molecule has 128 valence electrons. The first-order chi connectivity index (χ1) is 11.3. The van der Waals surface area contributed by atoms with Crippen molar-refractivity contribution < 1.29 is 4.79 Å². The van der Waals surface area contributed by atoms with Crippen LogP contribution in [0.15, 0.2) is 54.6 Å². The summed E-state index contributed by atoms with van der Waals surface area (Å²) in [5.74, 6) is 0.0404. The minimum Gasteiger partial charge on any atom is -0.354 e. The number of halogens is 1. The quantitative estimate of drug-likeness (QED) is 0.870. The van der Waals surface area contributed by atoms with Gasteiger partial charge >= 0.3 is 0 Å². The largest absolute Gasteiger partial charge is 0.354 e. The molecule has 2 unspecified atom stereocenters. The van der Waals surface area contributed by atoms with Gasteiger partial charge in [-0.1, -0.05) is 61.5 Å². The number of hydrogen-bond acceptors (Lipinski definition) is 2. The zero-order chi connectivity index (χ0) is 16.1. The minimum atomic E-state index is -0.0740. The summed E-state index contributed by atoms with van der Waals surface area (Å²) in [7, 11) is 0. The van der Waals surface area contributed by atoms with Crippen molar-refractivity contribution in [2.24, 2.45) is 0 Å². The van der Waals surface area contributed by atoms with Gasteiger partial charge in [-0.05, 0) is 36.1 Å². The molecule has 1 aliphatic heterocycles. The lowest BCUT2D eigenvalue weighted by Gasteiger charge is -2.27. The highest BCUT2D eigenvalue weighted by Gasteiger charge is 2.22. The lowest BCUT2D eigenvalue weighted by Crippen LogP contribution is -2.40. The lowest BCUT2D eigenvalue weighted by atomic mass is 9.93. The van der Waals surface area contributed by atoms with Crippen LogP contribution in [-0.4, -0.2) is 19.0 Å². The summed E-state index contributed by atoms with van der Waals surface area (Å²) in [5.41, 5.74) is 3.79. The van der Waals surface area contributed by atoms with E-state index in [0.717, 1.165) is 24.9 Å². The average Bonchev–Trinajstić information content (AvgIpc) is 2.61. The van der Waals surface area contributed by atoms with E-state index in [1.807, 2.05) is 30.3 Å². The Bertz CT molecular complexity index is 660. The van der Waals surface area contributed by atoms with Gasteiger partial charge in [0.25, 0.3) is 0 Å². The predicted octanol–water partition coefficient (Wildman–Crippen LogP) is 3.61. The maximum absolute atomic E-state index is 12.6. The Morgan fingerprint density at radius 2 is 1.88 bits per heavy atom. The Labute approximate surface area is 150 Å². The monoisotopic (exact) mass is 344 g/mol. The minimum absolute atomic E-state index is 0. The zero-order valence-electron chi connectivity index (χ0n) is 14.0. The third-order valence-electron chi connectivity index (χ3n) is 4.62. The highest BCUT2D eigenvalue weighted by molar-refractivity contribution is 5.85. The molecular weight excluding hydrogens is 320 g/mol. The molecule has 0 spiro atoms. The number of hydrogen-bond donors (Lipinski definition) is 2. The van der Waals surface area contributed by atoms with Crippen LogP contribution in [0.2, 0.25) is 0 Å². The van der Waals surface area contributed by atoms with Gasteiger partial charge in [0.2, 0.25) is 5.91 Å². The molecule has 0 aliphatic carbocycles. The van der Waals surface area contributed by atoms with Crippen LogP contribution in [-0.2, 0) is 11.2 Å². The Kier molecular flexibility index (Phi) is 6.83. The van der Waals surface area contributed by atoms with Crippen LogP contribution in [0.5, 0.6) is 0 Å². The predicted molar refractivity (Wildman–Crippen MR) is 101 cm³/mol. The van der Waals surface area contributed by atoms with E-state index in [2.05, 4.69) is 41.8 Å². The van der Waals surface area contributed by atoms with Crippen molar-refractivity contribution in [3.05, 3.63) is 71.3 Å². The lowest BCUT2D eigenvalue weighted by molar-refractivity contribution is -0.122. The first kappa shape index (κ1) is 18.5. The van der Waals surface area contributed by atoms with E-state index in [1.54, 1.807) is 0 Å². The van der Waals surface area contributed by atoms with E-state index >= 15 is 0 Å². The second kappa shape index (κ2) is 8.86. The number of carbonyl (C=O) groups is 1. The van der Waals surface area contributed by atoms with E-state index in [4.69, 9.17) is 0 Å². The normalized spacial score (nSPS) is 17.3. The van der Waals surface area contributed by atoms with Gasteiger partial charge in [-0.2, -0.15) is 0 Å². The number of carbonyl (C=O) groups excluding carboxylic acids is 1. The van der Waals surface area contributed by atoms with Crippen molar-refractivity contribution in [2.75, 3.05) is 13.1 Å². The van der Waals surface area contributed by atoms with Gasteiger partial charge in [-0.25, -0.2) is 0 Å². The summed E-state index contributed by atoms with van der Waals surface area (Å²) < 4.78 is 0. The van der Waals surface area contributed by atoms with Crippen molar-refractivity contribution in [1.82, 2.24) is 10.6 Å². The molecular formula is C20H25ClN2O. The van der Waals surface area contributed by atoms with Gasteiger partial charge in [-0.3, -0.25) is 4.79 Å². The van der Waals surface area contributed by atoms with E-state index in [-0.39, 0.29) is 30.3 Å².